The van der Waals surface area contributed by atoms with Crippen molar-refractivity contribution in [3.05, 3.63) is 29.3 Å². The second-order valence-corrected chi connectivity index (χ2v) is 4.50. The number of hydrogen-bond donors (Lipinski definition) is 2. The van der Waals surface area contributed by atoms with Crippen molar-refractivity contribution in [2.24, 2.45) is 5.92 Å². The maximum Gasteiger partial charge on any atom is 0.0635 e. The number of aryl methyl sites for hydroxylation is 2. The molecule has 0 aliphatic heterocycles. The summed E-state index contributed by atoms with van der Waals surface area (Å²) >= 11 is 0. The molecular formula is C13H21NO. The molecule has 2 N–H and O–H groups in total. The second-order valence-electron chi connectivity index (χ2n) is 4.50. The average Bonchev–Trinajstić information content (AvgIpc) is 2.16. The van der Waals surface area contributed by atoms with Gasteiger partial charge < -0.3 is 10.4 Å². The summed E-state index contributed by atoms with van der Waals surface area (Å²) in [4.78, 5) is 0. The number of anilines is 1. The molecule has 0 saturated carbocycles. The van der Waals surface area contributed by atoms with Crippen molar-refractivity contribution in [2.75, 3.05) is 11.9 Å². The van der Waals surface area contributed by atoms with Crippen LogP contribution >= 0.6 is 0 Å². The molecule has 0 saturated heterocycles. The number of benzene rings is 1. The van der Waals surface area contributed by atoms with Gasteiger partial charge in [-0.1, -0.05) is 31.5 Å². The Kier molecular flexibility index (Phi) is 4.15. The maximum absolute atomic E-state index is 9.24. The SMILES string of the molecule is Cc1ccc(NC(CO)C(C)C)c(C)c1. The first-order chi connectivity index (χ1) is 7.04. The van der Waals surface area contributed by atoms with Crippen LogP contribution in [0.1, 0.15) is 25.0 Å². The van der Waals surface area contributed by atoms with E-state index in [1.165, 1.54) is 11.1 Å². The first kappa shape index (κ1) is 12.1. The number of nitrogens with one attached hydrogen (secondary N) is 1. The van der Waals surface area contributed by atoms with Crippen LogP contribution < -0.4 is 5.32 Å². The van der Waals surface area contributed by atoms with Gasteiger partial charge in [-0.3, -0.25) is 0 Å². The highest BCUT2D eigenvalue weighted by Crippen LogP contribution is 2.18. The molecule has 0 heterocycles. The van der Waals surface area contributed by atoms with E-state index in [0.717, 1.165) is 5.69 Å². The summed E-state index contributed by atoms with van der Waals surface area (Å²) in [5.74, 6) is 0.427. The molecule has 0 aliphatic carbocycles. The summed E-state index contributed by atoms with van der Waals surface area (Å²) in [7, 11) is 0. The topological polar surface area (TPSA) is 32.3 Å². The van der Waals surface area contributed by atoms with Crippen LogP contribution in [0.4, 0.5) is 5.69 Å². The minimum atomic E-state index is 0.131. The third-order valence-corrected chi connectivity index (χ3v) is 2.72. The Balaban J connectivity index is 2.79. The number of rotatable bonds is 4. The Morgan fingerprint density at radius 2 is 1.93 bits per heavy atom. The summed E-state index contributed by atoms with van der Waals surface area (Å²) < 4.78 is 0. The minimum Gasteiger partial charge on any atom is -0.394 e. The fourth-order valence-electron chi connectivity index (χ4n) is 1.60. The first-order valence-corrected chi connectivity index (χ1v) is 5.49. The van der Waals surface area contributed by atoms with Gasteiger partial charge in [0.15, 0.2) is 0 Å². The number of aliphatic hydroxyl groups excluding tert-OH is 1. The van der Waals surface area contributed by atoms with Gasteiger partial charge in [-0.05, 0) is 31.4 Å². The van der Waals surface area contributed by atoms with Crippen LogP contribution in [0.3, 0.4) is 0 Å². The van der Waals surface area contributed by atoms with E-state index in [1.807, 2.05) is 0 Å². The second kappa shape index (κ2) is 5.17. The Labute approximate surface area is 92.3 Å². The number of hydrogen-bond acceptors (Lipinski definition) is 2. The number of aliphatic hydroxyl groups is 1. The monoisotopic (exact) mass is 207 g/mol. The summed E-state index contributed by atoms with van der Waals surface area (Å²) in [6, 6.07) is 6.45. The van der Waals surface area contributed by atoms with Crippen LogP contribution in [0.15, 0.2) is 18.2 Å². The summed E-state index contributed by atoms with van der Waals surface area (Å²) in [5.41, 5.74) is 3.62. The molecule has 1 aromatic carbocycles. The normalized spacial score (nSPS) is 12.9. The summed E-state index contributed by atoms with van der Waals surface area (Å²) in [5, 5.41) is 12.6. The van der Waals surface area contributed by atoms with E-state index in [0.29, 0.717) is 5.92 Å². The molecule has 0 spiro atoms. The molecule has 0 fully saturated rings. The third kappa shape index (κ3) is 3.24. The molecule has 2 heteroatoms. The van der Waals surface area contributed by atoms with Crippen LogP contribution in [0.25, 0.3) is 0 Å². The van der Waals surface area contributed by atoms with Crippen LogP contribution in [-0.2, 0) is 0 Å². The van der Waals surface area contributed by atoms with Crippen LogP contribution in [-0.4, -0.2) is 17.8 Å². The van der Waals surface area contributed by atoms with Crippen LogP contribution in [0.2, 0.25) is 0 Å². The lowest BCUT2D eigenvalue weighted by Crippen LogP contribution is -2.29. The lowest BCUT2D eigenvalue weighted by molar-refractivity contribution is 0.249. The van der Waals surface area contributed by atoms with Crippen molar-refractivity contribution in [3.8, 4) is 0 Å². The van der Waals surface area contributed by atoms with Gasteiger partial charge >= 0.3 is 0 Å². The van der Waals surface area contributed by atoms with Gasteiger partial charge in [0.1, 0.15) is 0 Å². The van der Waals surface area contributed by atoms with Gasteiger partial charge in [0.2, 0.25) is 0 Å². The van der Waals surface area contributed by atoms with Crippen molar-refractivity contribution in [2.45, 2.75) is 33.7 Å². The molecular weight excluding hydrogens is 186 g/mol. The van der Waals surface area contributed by atoms with E-state index in [-0.39, 0.29) is 12.6 Å². The Bertz CT molecular complexity index is 320. The van der Waals surface area contributed by atoms with Crippen molar-refractivity contribution < 1.29 is 5.11 Å². The lowest BCUT2D eigenvalue weighted by Gasteiger charge is -2.22. The predicted octanol–water partition coefficient (Wildman–Crippen LogP) is 2.73. The zero-order valence-electron chi connectivity index (χ0n) is 10.0. The van der Waals surface area contributed by atoms with Gasteiger partial charge in [0.05, 0.1) is 12.6 Å². The van der Waals surface area contributed by atoms with Gasteiger partial charge in [0, 0.05) is 5.69 Å². The Morgan fingerprint density at radius 1 is 1.27 bits per heavy atom. The van der Waals surface area contributed by atoms with E-state index in [2.05, 4.69) is 51.2 Å². The van der Waals surface area contributed by atoms with E-state index in [1.54, 1.807) is 0 Å². The zero-order chi connectivity index (χ0) is 11.4. The molecule has 0 radical (unpaired) electrons. The fraction of sp³-hybridized carbons (Fsp3) is 0.538. The highest BCUT2D eigenvalue weighted by atomic mass is 16.3. The fourth-order valence-corrected chi connectivity index (χ4v) is 1.60. The molecule has 0 amide bonds. The zero-order valence-corrected chi connectivity index (χ0v) is 10.0. The molecule has 84 valence electrons. The summed E-state index contributed by atoms with van der Waals surface area (Å²) in [6.45, 7) is 8.56. The highest BCUT2D eigenvalue weighted by Gasteiger charge is 2.12. The van der Waals surface area contributed by atoms with Crippen LogP contribution in [0, 0.1) is 19.8 Å². The predicted molar refractivity (Wildman–Crippen MR) is 65.3 cm³/mol. The van der Waals surface area contributed by atoms with Crippen molar-refractivity contribution >= 4 is 5.69 Å². The average molecular weight is 207 g/mol. The smallest absolute Gasteiger partial charge is 0.0635 e. The third-order valence-electron chi connectivity index (χ3n) is 2.72. The van der Waals surface area contributed by atoms with Crippen LogP contribution in [0.5, 0.6) is 0 Å². The van der Waals surface area contributed by atoms with Crippen molar-refractivity contribution in [3.63, 3.8) is 0 Å². The molecule has 1 aromatic rings. The molecule has 15 heavy (non-hydrogen) atoms. The van der Waals surface area contributed by atoms with E-state index in [4.69, 9.17) is 0 Å². The van der Waals surface area contributed by atoms with Gasteiger partial charge in [-0.15, -0.1) is 0 Å². The van der Waals surface area contributed by atoms with E-state index in [9.17, 15) is 5.11 Å². The molecule has 1 unspecified atom stereocenters. The largest absolute Gasteiger partial charge is 0.394 e. The van der Waals surface area contributed by atoms with E-state index >= 15 is 0 Å². The molecule has 1 atom stereocenters. The minimum absolute atomic E-state index is 0.131. The summed E-state index contributed by atoms with van der Waals surface area (Å²) in [6.07, 6.45) is 0. The highest BCUT2D eigenvalue weighted by molar-refractivity contribution is 5.52. The lowest BCUT2D eigenvalue weighted by atomic mass is 10.0. The van der Waals surface area contributed by atoms with Gasteiger partial charge in [-0.25, -0.2) is 0 Å². The maximum atomic E-state index is 9.24. The standard InChI is InChI=1S/C13H21NO/c1-9(2)13(8-15)14-12-6-5-10(3)7-11(12)4/h5-7,9,13-15H,8H2,1-4H3. The van der Waals surface area contributed by atoms with E-state index < -0.39 is 0 Å². The molecule has 1 rings (SSSR count). The first-order valence-electron chi connectivity index (χ1n) is 5.49. The van der Waals surface area contributed by atoms with Crippen molar-refractivity contribution in [1.82, 2.24) is 0 Å². The van der Waals surface area contributed by atoms with Gasteiger partial charge in [0.25, 0.3) is 0 Å². The Morgan fingerprint density at radius 3 is 2.40 bits per heavy atom. The molecule has 0 bridgehead atoms. The molecule has 0 aromatic heterocycles. The van der Waals surface area contributed by atoms with Gasteiger partial charge in [-0.2, -0.15) is 0 Å². The molecule has 0 aliphatic rings. The quantitative estimate of drug-likeness (QED) is 0.795. The molecule has 2 nitrogen and oxygen atoms in total. The van der Waals surface area contributed by atoms with Crippen molar-refractivity contribution in [1.29, 1.82) is 0 Å². The Hall–Kier alpha value is -1.02.